The van der Waals surface area contributed by atoms with E-state index in [1.165, 1.54) is 18.4 Å². The lowest BCUT2D eigenvalue weighted by Crippen LogP contribution is -2.55. The second-order valence-corrected chi connectivity index (χ2v) is 7.56. The summed E-state index contributed by atoms with van der Waals surface area (Å²) in [6.45, 7) is 4.15. The van der Waals surface area contributed by atoms with Crippen molar-refractivity contribution in [2.24, 2.45) is 0 Å². The first kappa shape index (κ1) is 17.8. The molecule has 6 heteroatoms. The molecule has 1 aromatic carbocycles. The van der Waals surface area contributed by atoms with Crippen LogP contribution in [0.25, 0.3) is 0 Å². The Bertz CT molecular complexity index is 829. The number of nitrogens with zero attached hydrogens (tertiary/aromatic N) is 4. The summed E-state index contributed by atoms with van der Waals surface area (Å²) in [6, 6.07) is 8.41. The van der Waals surface area contributed by atoms with Crippen LogP contribution < -0.4 is 15.1 Å². The van der Waals surface area contributed by atoms with E-state index >= 15 is 0 Å². The van der Waals surface area contributed by atoms with Gasteiger partial charge in [0.1, 0.15) is 11.7 Å². The molecule has 6 nitrogen and oxygen atoms in total. The number of aryl methyl sites for hydroxylation is 1. The maximum Gasteiger partial charge on any atom is 0.249 e. The van der Waals surface area contributed by atoms with Gasteiger partial charge in [-0.05, 0) is 38.3 Å². The van der Waals surface area contributed by atoms with Crippen molar-refractivity contribution >= 4 is 29.0 Å². The van der Waals surface area contributed by atoms with E-state index in [1.807, 2.05) is 19.2 Å². The second-order valence-electron chi connectivity index (χ2n) is 7.56. The monoisotopic (exact) mass is 365 g/mol. The molecule has 27 heavy (non-hydrogen) atoms. The van der Waals surface area contributed by atoms with Crippen molar-refractivity contribution in [2.75, 3.05) is 22.2 Å². The van der Waals surface area contributed by atoms with Gasteiger partial charge >= 0.3 is 0 Å². The number of carbonyl (C=O) groups is 1. The number of fused-ring (bicyclic) bond motifs is 1. The standard InChI is InChI=1S/C21H27N5O/c1-4-17-20(27)25(3)18-13-22-21(23-15-11-9-14(2)10-12-15)24-19(18)26(17)16-7-5-6-8-16/h9-13,16-17H,4-8H2,1-3H3,(H,22,23,24)/t17-/m1/s1. The molecule has 0 radical (unpaired) electrons. The lowest BCUT2D eigenvalue weighted by Gasteiger charge is -2.43. The molecular weight excluding hydrogens is 338 g/mol. The van der Waals surface area contributed by atoms with Crippen molar-refractivity contribution in [3.8, 4) is 0 Å². The van der Waals surface area contributed by atoms with E-state index in [1.54, 1.807) is 11.1 Å². The van der Waals surface area contributed by atoms with Gasteiger partial charge in [-0.2, -0.15) is 4.98 Å². The van der Waals surface area contributed by atoms with Crippen molar-refractivity contribution < 1.29 is 4.79 Å². The fraction of sp³-hybridized carbons (Fsp3) is 0.476. The molecule has 2 aliphatic rings. The Labute approximate surface area is 160 Å². The molecule has 4 rings (SSSR count). The molecule has 1 saturated carbocycles. The van der Waals surface area contributed by atoms with E-state index in [0.29, 0.717) is 12.0 Å². The summed E-state index contributed by atoms with van der Waals surface area (Å²) in [7, 11) is 1.83. The lowest BCUT2D eigenvalue weighted by atomic mass is 10.0. The Morgan fingerprint density at radius 3 is 2.56 bits per heavy atom. The average Bonchev–Trinajstić information content (AvgIpc) is 3.20. The minimum absolute atomic E-state index is 0.139. The van der Waals surface area contributed by atoms with Crippen LogP contribution in [0.15, 0.2) is 30.5 Å². The topological polar surface area (TPSA) is 61.4 Å². The van der Waals surface area contributed by atoms with Gasteiger partial charge in [0.15, 0.2) is 5.82 Å². The van der Waals surface area contributed by atoms with Crippen LogP contribution in [0.5, 0.6) is 0 Å². The van der Waals surface area contributed by atoms with E-state index in [9.17, 15) is 4.79 Å². The van der Waals surface area contributed by atoms with Crippen molar-refractivity contribution in [2.45, 2.75) is 58.0 Å². The van der Waals surface area contributed by atoms with Crippen LogP contribution in [0.2, 0.25) is 0 Å². The van der Waals surface area contributed by atoms with E-state index < -0.39 is 0 Å². The van der Waals surface area contributed by atoms with Crippen molar-refractivity contribution in [1.82, 2.24) is 9.97 Å². The van der Waals surface area contributed by atoms with E-state index in [2.05, 4.69) is 41.2 Å². The number of benzene rings is 1. The zero-order chi connectivity index (χ0) is 19.0. The second kappa shape index (κ2) is 7.18. The number of anilines is 4. The number of hydrogen-bond acceptors (Lipinski definition) is 5. The van der Waals surface area contributed by atoms with Crippen LogP contribution >= 0.6 is 0 Å². The van der Waals surface area contributed by atoms with E-state index in [4.69, 9.17) is 4.98 Å². The Kier molecular flexibility index (Phi) is 4.72. The summed E-state index contributed by atoms with van der Waals surface area (Å²) in [5, 5.41) is 3.30. The van der Waals surface area contributed by atoms with Gasteiger partial charge in [-0.1, -0.05) is 37.5 Å². The molecule has 1 fully saturated rings. The summed E-state index contributed by atoms with van der Waals surface area (Å²) in [5.41, 5.74) is 2.97. The van der Waals surface area contributed by atoms with Crippen molar-refractivity contribution in [3.05, 3.63) is 36.0 Å². The molecule has 2 aromatic rings. The van der Waals surface area contributed by atoms with Crippen LogP contribution in [0, 0.1) is 6.92 Å². The summed E-state index contributed by atoms with van der Waals surface area (Å²) >= 11 is 0. The number of aromatic nitrogens is 2. The zero-order valence-electron chi connectivity index (χ0n) is 16.3. The Balaban J connectivity index is 1.72. The molecule has 0 unspecified atom stereocenters. The smallest absolute Gasteiger partial charge is 0.249 e. The predicted molar refractivity (Wildman–Crippen MR) is 109 cm³/mol. The van der Waals surface area contributed by atoms with Crippen LogP contribution in [-0.2, 0) is 4.79 Å². The van der Waals surface area contributed by atoms with Crippen molar-refractivity contribution in [3.63, 3.8) is 0 Å². The summed E-state index contributed by atoms with van der Waals surface area (Å²) in [5.74, 6) is 1.58. The Morgan fingerprint density at radius 1 is 1.19 bits per heavy atom. The molecule has 1 aliphatic carbocycles. The first-order chi connectivity index (χ1) is 13.1. The van der Waals surface area contributed by atoms with Crippen LogP contribution in [0.3, 0.4) is 0 Å². The number of nitrogens with one attached hydrogen (secondary N) is 1. The van der Waals surface area contributed by atoms with Gasteiger partial charge in [0.25, 0.3) is 0 Å². The van der Waals surface area contributed by atoms with Gasteiger partial charge in [0, 0.05) is 18.8 Å². The predicted octanol–water partition coefficient (Wildman–Crippen LogP) is 4.03. The SMILES string of the molecule is CC[C@@H]1C(=O)N(C)c2cnc(Nc3ccc(C)cc3)nc2N1C1CCCC1. The van der Waals surface area contributed by atoms with Gasteiger partial charge in [-0.25, -0.2) is 4.98 Å². The maximum atomic E-state index is 12.9. The highest BCUT2D eigenvalue weighted by atomic mass is 16.2. The fourth-order valence-electron chi connectivity index (χ4n) is 4.21. The summed E-state index contributed by atoms with van der Waals surface area (Å²) in [6.07, 6.45) is 7.23. The fourth-order valence-corrected chi connectivity index (χ4v) is 4.21. The lowest BCUT2D eigenvalue weighted by molar-refractivity contribution is -0.120. The summed E-state index contributed by atoms with van der Waals surface area (Å²) in [4.78, 5) is 26.2. The van der Waals surface area contributed by atoms with Crippen LogP contribution in [0.4, 0.5) is 23.1 Å². The highest BCUT2D eigenvalue weighted by Gasteiger charge is 2.41. The number of likely N-dealkylation sites (N-methyl/N-ethyl adjacent to an activating group) is 1. The maximum absolute atomic E-state index is 12.9. The number of rotatable bonds is 4. The highest BCUT2D eigenvalue weighted by Crippen LogP contribution is 2.39. The molecule has 0 spiro atoms. The van der Waals surface area contributed by atoms with Gasteiger partial charge in [-0.15, -0.1) is 0 Å². The first-order valence-electron chi connectivity index (χ1n) is 9.85. The van der Waals surface area contributed by atoms with Crippen LogP contribution in [0.1, 0.15) is 44.6 Å². The molecule has 2 heterocycles. The molecule has 0 bridgehead atoms. The molecule has 0 saturated heterocycles. The number of amides is 1. The largest absolute Gasteiger partial charge is 0.340 e. The van der Waals surface area contributed by atoms with Gasteiger partial charge < -0.3 is 15.1 Å². The molecule has 1 aromatic heterocycles. The molecule has 1 amide bonds. The van der Waals surface area contributed by atoms with E-state index in [-0.39, 0.29) is 11.9 Å². The first-order valence-corrected chi connectivity index (χ1v) is 9.85. The van der Waals surface area contributed by atoms with Gasteiger partial charge in [-0.3, -0.25) is 4.79 Å². The Hall–Kier alpha value is -2.63. The summed E-state index contributed by atoms with van der Waals surface area (Å²) < 4.78 is 0. The molecule has 1 atom stereocenters. The third-order valence-corrected chi connectivity index (χ3v) is 5.72. The van der Waals surface area contributed by atoms with Crippen molar-refractivity contribution in [1.29, 1.82) is 0 Å². The number of carbonyl (C=O) groups excluding carboxylic acids is 1. The minimum Gasteiger partial charge on any atom is -0.340 e. The van der Waals surface area contributed by atoms with Gasteiger partial charge in [0.05, 0.1) is 6.20 Å². The van der Waals surface area contributed by atoms with E-state index in [0.717, 1.165) is 36.5 Å². The quantitative estimate of drug-likeness (QED) is 0.886. The van der Waals surface area contributed by atoms with Gasteiger partial charge in [0.2, 0.25) is 11.9 Å². The zero-order valence-corrected chi connectivity index (χ0v) is 16.3. The van der Waals surface area contributed by atoms with Crippen LogP contribution in [-0.4, -0.2) is 35.0 Å². The molecule has 1 aliphatic heterocycles. The third-order valence-electron chi connectivity index (χ3n) is 5.72. The Morgan fingerprint density at radius 2 is 1.89 bits per heavy atom. The highest BCUT2D eigenvalue weighted by molar-refractivity contribution is 6.04. The molecule has 1 N–H and O–H groups in total. The normalized spacial score (nSPS) is 20.1. The average molecular weight is 365 g/mol. The minimum atomic E-state index is -0.146. The number of hydrogen-bond donors (Lipinski definition) is 1. The molecule has 142 valence electrons. The molecular formula is C21H27N5O. The third kappa shape index (κ3) is 3.24.